The fourth-order valence-electron chi connectivity index (χ4n) is 2.84. The number of hydrogen-bond donors (Lipinski definition) is 2. The third-order valence-corrected chi connectivity index (χ3v) is 4.49. The highest BCUT2D eigenvalue weighted by Gasteiger charge is 2.15. The summed E-state index contributed by atoms with van der Waals surface area (Å²) in [5.41, 5.74) is 0.971. The van der Waals surface area contributed by atoms with Crippen LogP contribution in [0.15, 0.2) is 39.9 Å². The largest absolute Gasteiger partial charge is 0.489 e. The molecule has 1 aliphatic rings. The van der Waals surface area contributed by atoms with Gasteiger partial charge in [0.05, 0.1) is 31.0 Å². The van der Waals surface area contributed by atoms with Gasteiger partial charge in [-0.1, -0.05) is 11.6 Å². The summed E-state index contributed by atoms with van der Waals surface area (Å²) in [7, 11) is 0. The molecular weight excluding hydrogens is 521 g/mol. The van der Waals surface area contributed by atoms with Gasteiger partial charge in [0.25, 0.3) is 0 Å². The van der Waals surface area contributed by atoms with E-state index in [1.807, 2.05) is 31.2 Å². The van der Waals surface area contributed by atoms with Gasteiger partial charge in [0, 0.05) is 26.1 Å². The Hall–Kier alpha value is -1.65. The van der Waals surface area contributed by atoms with Gasteiger partial charge >= 0.3 is 0 Å². The number of hydrogen-bond acceptors (Lipinski definition) is 5. The van der Waals surface area contributed by atoms with Gasteiger partial charge in [-0.3, -0.25) is 0 Å². The molecule has 1 aromatic heterocycles. The standard InChI is InChI=1S/C21H28ClN3O4.HI/c1-2-23-21(24-7-4-8-26-15-17-6-3-9-27-17)25-14-16-12-18(22)20-19(13-16)28-10-5-11-29-20;/h3,6,9,12-13H,2,4-5,7-8,10-11,14-15H2,1H3,(H2,23,24,25);1H. The Labute approximate surface area is 199 Å². The van der Waals surface area contributed by atoms with Gasteiger partial charge in [0.2, 0.25) is 0 Å². The van der Waals surface area contributed by atoms with Crippen LogP contribution in [-0.4, -0.2) is 38.9 Å². The monoisotopic (exact) mass is 549 g/mol. The average molecular weight is 550 g/mol. The summed E-state index contributed by atoms with van der Waals surface area (Å²) in [5.74, 6) is 2.90. The second-order valence-corrected chi connectivity index (χ2v) is 6.97. The molecule has 7 nitrogen and oxygen atoms in total. The minimum atomic E-state index is 0. The fraction of sp³-hybridized carbons (Fsp3) is 0.476. The quantitative estimate of drug-likeness (QED) is 0.209. The number of rotatable bonds is 9. The van der Waals surface area contributed by atoms with Gasteiger partial charge in [0.1, 0.15) is 12.4 Å². The molecule has 0 spiro atoms. The fourth-order valence-corrected chi connectivity index (χ4v) is 3.12. The Morgan fingerprint density at radius 1 is 1.23 bits per heavy atom. The first kappa shape index (κ1) is 24.6. The lowest BCUT2D eigenvalue weighted by molar-refractivity contribution is 0.105. The maximum atomic E-state index is 6.36. The summed E-state index contributed by atoms with van der Waals surface area (Å²) in [6, 6.07) is 7.59. The Morgan fingerprint density at radius 2 is 2.10 bits per heavy atom. The van der Waals surface area contributed by atoms with Crippen molar-refractivity contribution >= 4 is 41.5 Å². The summed E-state index contributed by atoms with van der Waals surface area (Å²) in [5, 5.41) is 7.12. The minimum absolute atomic E-state index is 0. The van der Waals surface area contributed by atoms with Crippen molar-refractivity contribution in [2.45, 2.75) is 32.9 Å². The van der Waals surface area contributed by atoms with Crippen LogP contribution in [0.5, 0.6) is 11.5 Å². The molecule has 1 aliphatic heterocycles. The molecule has 2 aromatic rings. The number of ether oxygens (including phenoxy) is 3. The first-order chi connectivity index (χ1) is 14.3. The SMILES string of the molecule is CCNC(=NCc1cc(Cl)c2c(c1)OCCCO2)NCCCOCc1ccco1.I. The molecule has 0 amide bonds. The third kappa shape index (κ3) is 7.88. The van der Waals surface area contributed by atoms with E-state index in [9.17, 15) is 0 Å². The predicted octanol–water partition coefficient (Wildman–Crippen LogP) is 4.37. The molecule has 0 radical (unpaired) electrons. The molecule has 166 valence electrons. The van der Waals surface area contributed by atoms with Crippen LogP contribution in [0.1, 0.15) is 31.1 Å². The second-order valence-electron chi connectivity index (χ2n) is 6.56. The van der Waals surface area contributed by atoms with E-state index in [2.05, 4.69) is 15.6 Å². The highest BCUT2D eigenvalue weighted by atomic mass is 127. The maximum absolute atomic E-state index is 6.36. The number of fused-ring (bicyclic) bond motifs is 1. The molecule has 0 atom stereocenters. The summed E-state index contributed by atoms with van der Waals surface area (Å²) in [4.78, 5) is 4.64. The molecule has 0 bridgehead atoms. The van der Waals surface area contributed by atoms with Crippen LogP contribution in [0.2, 0.25) is 5.02 Å². The Morgan fingerprint density at radius 3 is 2.90 bits per heavy atom. The first-order valence-electron chi connectivity index (χ1n) is 9.96. The highest BCUT2D eigenvalue weighted by molar-refractivity contribution is 14.0. The van der Waals surface area contributed by atoms with Gasteiger partial charge in [-0.15, -0.1) is 24.0 Å². The molecule has 1 aromatic carbocycles. The second kappa shape index (κ2) is 13.6. The molecule has 2 N–H and O–H groups in total. The number of guanidine groups is 1. The lowest BCUT2D eigenvalue weighted by atomic mass is 10.2. The lowest BCUT2D eigenvalue weighted by Crippen LogP contribution is -2.38. The summed E-state index contributed by atoms with van der Waals surface area (Å²) >= 11 is 6.36. The molecule has 30 heavy (non-hydrogen) atoms. The summed E-state index contributed by atoms with van der Waals surface area (Å²) in [6.07, 6.45) is 3.36. The van der Waals surface area contributed by atoms with Gasteiger partial charge in [-0.25, -0.2) is 4.99 Å². The molecule has 0 fully saturated rings. The molecular formula is C21H29ClIN3O4. The van der Waals surface area contributed by atoms with Gasteiger partial charge in [-0.2, -0.15) is 0 Å². The Kier molecular flexibility index (Phi) is 11.2. The van der Waals surface area contributed by atoms with E-state index in [1.54, 1.807) is 6.26 Å². The van der Waals surface area contributed by atoms with E-state index in [-0.39, 0.29) is 24.0 Å². The number of nitrogens with zero attached hydrogens (tertiary/aromatic N) is 1. The van der Waals surface area contributed by atoms with Crippen molar-refractivity contribution in [2.75, 3.05) is 32.9 Å². The lowest BCUT2D eigenvalue weighted by Gasteiger charge is -2.13. The first-order valence-corrected chi connectivity index (χ1v) is 10.3. The van der Waals surface area contributed by atoms with E-state index >= 15 is 0 Å². The third-order valence-electron chi connectivity index (χ3n) is 4.21. The van der Waals surface area contributed by atoms with Crippen molar-refractivity contribution in [3.05, 3.63) is 46.9 Å². The number of nitrogens with one attached hydrogen (secondary N) is 2. The molecule has 0 saturated carbocycles. The van der Waals surface area contributed by atoms with Crippen LogP contribution < -0.4 is 20.1 Å². The number of halogens is 2. The molecule has 0 unspecified atom stereocenters. The van der Waals surface area contributed by atoms with Crippen molar-refractivity contribution in [2.24, 2.45) is 4.99 Å². The van der Waals surface area contributed by atoms with E-state index in [0.717, 1.165) is 43.2 Å². The Bertz CT molecular complexity index is 787. The van der Waals surface area contributed by atoms with E-state index in [0.29, 0.717) is 49.5 Å². The average Bonchev–Trinajstić information content (AvgIpc) is 3.12. The zero-order chi connectivity index (χ0) is 20.3. The van der Waals surface area contributed by atoms with Crippen molar-refractivity contribution in [3.8, 4) is 11.5 Å². The van der Waals surface area contributed by atoms with Gasteiger partial charge in [0.15, 0.2) is 17.5 Å². The van der Waals surface area contributed by atoms with Gasteiger partial charge < -0.3 is 29.3 Å². The van der Waals surface area contributed by atoms with E-state index in [4.69, 9.17) is 30.2 Å². The number of benzene rings is 1. The van der Waals surface area contributed by atoms with E-state index in [1.165, 1.54) is 0 Å². The topological polar surface area (TPSA) is 77.3 Å². The summed E-state index contributed by atoms with van der Waals surface area (Å²) < 4.78 is 22.2. The van der Waals surface area contributed by atoms with Crippen LogP contribution in [0.3, 0.4) is 0 Å². The van der Waals surface area contributed by atoms with Crippen LogP contribution in [0.4, 0.5) is 0 Å². The smallest absolute Gasteiger partial charge is 0.191 e. The maximum Gasteiger partial charge on any atom is 0.191 e. The number of aliphatic imine (C=N–C) groups is 1. The van der Waals surface area contributed by atoms with Crippen LogP contribution in [-0.2, 0) is 17.9 Å². The van der Waals surface area contributed by atoms with Crippen LogP contribution in [0.25, 0.3) is 0 Å². The molecule has 3 rings (SSSR count). The van der Waals surface area contributed by atoms with Crippen LogP contribution >= 0.6 is 35.6 Å². The highest BCUT2D eigenvalue weighted by Crippen LogP contribution is 2.38. The van der Waals surface area contributed by atoms with Crippen molar-refractivity contribution in [1.29, 1.82) is 0 Å². The van der Waals surface area contributed by atoms with Crippen molar-refractivity contribution in [3.63, 3.8) is 0 Å². The normalized spacial score (nSPS) is 13.3. The van der Waals surface area contributed by atoms with Crippen molar-refractivity contribution in [1.82, 2.24) is 10.6 Å². The molecule has 0 saturated heterocycles. The molecule has 0 aliphatic carbocycles. The Balaban J connectivity index is 0.00000320. The van der Waals surface area contributed by atoms with Crippen molar-refractivity contribution < 1.29 is 18.6 Å². The molecule has 9 heteroatoms. The zero-order valence-electron chi connectivity index (χ0n) is 17.1. The predicted molar refractivity (Wildman–Crippen MR) is 128 cm³/mol. The van der Waals surface area contributed by atoms with Crippen LogP contribution in [0, 0.1) is 0 Å². The molecule has 2 heterocycles. The number of furan rings is 1. The minimum Gasteiger partial charge on any atom is -0.489 e. The van der Waals surface area contributed by atoms with E-state index < -0.39 is 0 Å². The van der Waals surface area contributed by atoms with Gasteiger partial charge in [-0.05, 0) is 43.2 Å². The zero-order valence-corrected chi connectivity index (χ0v) is 20.2. The summed E-state index contributed by atoms with van der Waals surface area (Å²) in [6.45, 7) is 6.44.